The van der Waals surface area contributed by atoms with Gasteiger partial charge in [-0.15, -0.1) is 0 Å². The van der Waals surface area contributed by atoms with Crippen LogP contribution >= 0.6 is 11.7 Å². The number of fused-ring (bicyclic) bond motifs is 1. The second kappa shape index (κ2) is 6.01. The maximum atomic E-state index is 12.5. The van der Waals surface area contributed by atoms with Crippen molar-refractivity contribution < 1.29 is 9.90 Å². The molecule has 0 saturated carbocycles. The summed E-state index contributed by atoms with van der Waals surface area (Å²) in [6.45, 7) is 0.531. The quantitative estimate of drug-likeness (QED) is 0.796. The van der Waals surface area contributed by atoms with Gasteiger partial charge in [0.15, 0.2) is 0 Å². The van der Waals surface area contributed by atoms with Crippen molar-refractivity contribution >= 4 is 34.4 Å². The van der Waals surface area contributed by atoms with Gasteiger partial charge in [-0.1, -0.05) is 18.2 Å². The lowest BCUT2D eigenvalue weighted by atomic mass is 10.1. The molecular weight excluding hydrogens is 324 g/mol. The largest absolute Gasteiger partial charge is 0.507 e. The van der Waals surface area contributed by atoms with Crippen molar-refractivity contribution in [3.8, 4) is 5.75 Å². The minimum Gasteiger partial charge on any atom is -0.507 e. The Morgan fingerprint density at radius 3 is 2.88 bits per heavy atom. The van der Waals surface area contributed by atoms with Crippen LogP contribution in [0, 0.1) is 0 Å². The maximum absolute atomic E-state index is 12.5. The first-order valence-electron chi connectivity index (χ1n) is 7.58. The highest BCUT2D eigenvalue weighted by atomic mass is 32.1. The summed E-state index contributed by atoms with van der Waals surface area (Å²) in [7, 11) is 0. The number of carbonyl (C=O) groups excluding carboxylic acids is 1. The molecule has 0 saturated heterocycles. The number of rotatable bonds is 3. The lowest BCUT2D eigenvalue weighted by Gasteiger charge is -2.11. The van der Waals surface area contributed by atoms with E-state index in [0.717, 1.165) is 34.0 Å². The molecule has 120 valence electrons. The fourth-order valence-electron chi connectivity index (χ4n) is 2.75. The van der Waals surface area contributed by atoms with E-state index in [1.54, 1.807) is 12.1 Å². The van der Waals surface area contributed by atoms with Crippen molar-refractivity contribution in [3.63, 3.8) is 0 Å². The smallest absolute Gasteiger partial charge is 0.247 e. The number of carbonyl (C=O) groups is 1. The normalized spacial score (nSPS) is 14.2. The number of aromatic hydroxyl groups is 1. The molecule has 1 aromatic heterocycles. The molecule has 2 heterocycles. The molecule has 1 aliphatic heterocycles. The van der Waals surface area contributed by atoms with E-state index < -0.39 is 0 Å². The second-order valence-electron chi connectivity index (χ2n) is 5.59. The van der Waals surface area contributed by atoms with E-state index in [0.29, 0.717) is 18.5 Å². The molecule has 3 aromatic rings. The second-order valence-corrected chi connectivity index (χ2v) is 6.12. The number of para-hydroxylation sites is 1. The van der Waals surface area contributed by atoms with E-state index in [1.807, 2.05) is 30.3 Å². The standard InChI is InChI=1S/C17H14N4O2S/c22-16-4-2-1-3-12(16)13-7-8-21(18-13)17(23)10-11-5-6-14-15(9-11)20-24-19-14/h1-6,9,22H,7-8,10H2. The lowest BCUT2D eigenvalue weighted by molar-refractivity contribution is -0.130. The van der Waals surface area contributed by atoms with Gasteiger partial charge in [0.2, 0.25) is 5.91 Å². The molecule has 0 fully saturated rings. The first-order chi connectivity index (χ1) is 11.7. The lowest BCUT2D eigenvalue weighted by Crippen LogP contribution is -2.25. The Kier molecular flexibility index (Phi) is 3.70. The number of phenolic OH excluding ortho intramolecular Hbond substituents is 1. The van der Waals surface area contributed by atoms with Crippen LogP contribution in [-0.2, 0) is 11.2 Å². The average molecular weight is 338 g/mol. The average Bonchev–Trinajstić information content (AvgIpc) is 3.24. The summed E-state index contributed by atoms with van der Waals surface area (Å²) in [6, 6.07) is 12.7. The summed E-state index contributed by atoms with van der Waals surface area (Å²) < 4.78 is 8.35. The van der Waals surface area contributed by atoms with Crippen LogP contribution in [0.1, 0.15) is 17.5 Å². The summed E-state index contributed by atoms with van der Waals surface area (Å²) >= 11 is 1.16. The molecular formula is C17H14N4O2S. The zero-order valence-corrected chi connectivity index (χ0v) is 13.5. The van der Waals surface area contributed by atoms with E-state index in [1.165, 1.54) is 5.01 Å². The third-order valence-corrected chi connectivity index (χ3v) is 4.53. The Morgan fingerprint density at radius 2 is 2.00 bits per heavy atom. The third kappa shape index (κ3) is 2.74. The molecule has 6 nitrogen and oxygen atoms in total. The van der Waals surface area contributed by atoms with Crippen molar-refractivity contribution in [2.24, 2.45) is 5.10 Å². The van der Waals surface area contributed by atoms with Gasteiger partial charge in [0.25, 0.3) is 0 Å². The van der Waals surface area contributed by atoms with Crippen molar-refractivity contribution in [1.29, 1.82) is 0 Å². The minimum atomic E-state index is -0.0667. The van der Waals surface area contributed by atoms with E-state index in [2.05, 4.69) is 13.8 Å². The Labute approximate surface area is 142 Å². The van der Waals surface area contributed by atoms with Gasteiger partial charge >= 0.3 is 0 Å². The van der Waals surface area contributed by atoms with E-state index in [9.17, 15) is 9.90 Å². The summed E-state index contributed by atoms with van der Waals surface area (Å²) in [5.41, 5.74) is 3.97. The van der Waals surface area contributed by atoms with Gasteiger partial charge in [0.1, 0.15) is 16.8 Å². The third-order valence-electron chi connectivity index (χ3n) is 3.98. The van der Waals surface area contributed by atoms with Gasteiger partial charge in [-0.2, -0.15) is 13.8 Å². The van der Waals surface area contributed by atoms with Crippen LogP contribution in [-0.4, -0.2) is 37.0 Å². The molecule has 4 rings (SSSR count). The molecule has 0 unspecified atom stereocenters. The van der Waals surface area contributed by atoms with Crippen LogP contribution in [0.3, 0.4) is 0 Å². The molecule has 0 spiro atoms. The number of hydrogen-bond donors (Lipinski definition) is 1. The van der Waals surface area contributed by atoms with Crippen molar-refractivity contribution in [2.45, 2.75) is 12.8 Å². The molecule has 24 heavy (non-hydrogen) atoms. The van der Waals surface area contributed by atoms with E-state index >= 15 is 0 Å². The summed E-state index contributed by atoms with van der Waals surface area (Å²) in [6.07, 6.45) is 0.906. The molecule has 0 atom stereocenters. The molecule has 1 aliphatic rings. The highest BCUT2D eigenvalue weighted by Crippen LogP contribution is 2.22. The van der Waals surface area contributed by atoms with Gasteiger partial charge in [-0.05, 0) is 29.8 Å². The highest BCUT2D eigenvalue weighted by molar-refractivity contribution is 7.00. The molecule has 0 aliphatic carbocycles. The Balaban J connectivity index is 1.52. The molecule has 7 heteroatoms. The number of phenols is 1. The summed E-state index contributed by atoms with van der Waals surface area (Å²) in [5, 5.41) is 15.8. The maximum Gasteiger partial charge on any atom is 0.247 e. The predicted octanol–water partition coefficient (Wildman–Crippen LogP) is 2.58. The first kappa shape index (κ1) is 14.8. The van der Waals surface area contributed by atoms with Crippen LogP contribution < -0.4 is 0 Å². The fraction of sp³-hybridized carbons (Fsp3) is 0.176. The van der Waals surface area contributed by atoms with E-state index in [-0.39, 0.29) is 18.1 Å². The summed E-state index contributed by atoms with van der Waals surface area (Å²) in [4.78, 5) is 12.5. The SMILES string of the molecule is O=C(Cc1ccc2nsnc2c1)N1CCC(c2ccccc2O)=N1. The number of benzene rings is 2. The van der Waals surface area contributed by atoms with Gasteiger partial charge in [0, 0.05) is 12.0 Å². The first-order valence-corrected chi connectivity index (χ1v) is 8.31. The number of hydrazone groups is 1. The van der Waals surface area contributed by atoms with Crippen LogP contribution in [0.5, 0.6) is 5.75 Å². The topological polar surface area (TPSA) is 78.7 Å². The zero-order valence-electron chi connectivity index (χ0n) is 12.7. The molecule has 1 amide bonds. The van der Waals surface area contributed by atoms with Crippen LogP contribution in [0.25, 0.3) is 11.0 Å². The van der Waals surface area contributed by atoms with Crippen LogP contribution in [0.15, 0.2) is 47.6 Å². The van der Waals surface area contributed by atoms with Gasteiger partial charge in [-0.25, -0.2) is 5.01 Å². The van der Waals surface area contributed by atoms with Gasteiger partial charge in [0.05, 0.1) is 30.4 Å². The Bertz CT molecular complexity index is 950. The number of hydrogen-bond acceptors (Lipinski definition) is 6. The Hall–Kier alpha value is -2.80. The molecule has 0 bridgehead atoms. The summed E-state index contributed by atoms with van der Waals surface area (Å²) in [5.74, 6) is 0.120. The predicted molar refractivity (Wildman–Crippen MR) is 92.1 cm³/mol. The van der Waals surface area contributed by atoms with Crippen LogP contribution in [0.2, 0.25) is 0 Å². The van der Waals surface area contributed by atoms with Crippen molar-refractivity contribution in [2.75, 3.05) is 6.54 Å². The van der Waals surface area contributed by atoms with Crippen LogP contribution in [0.4, 0.5) is 0 Å². The number of nitrogens with zero attached hydrogens (tertiary/aromatic N) is 4. The molecule has 2 aromatic carbocycles. The zero-order chi connectivity index (χ0) is 16.5. The minimum absolute atomic E-state index is 0.0667. The number of aromatic nitrogens is 2. The van der Waals surface area contributed by atoms with Crippen molar-refractivity contribution in [1.82, 2.24) is 13.8 Å². The number of amides is 1. The fourth-order valence-corrected chi connectivity index (χ4v) is 3.27. The monoisotopic (exact) mass is 338 g/mol. The Morgan fingerprint density at radius 1 is 1.17 bits per heavy atom. The van der Waals surface area contributed by atoms with Crippen molar-refractivity contribution in [3.05, 3.63) is 53.6 Å². The van der Waals surface area contributed by atoms with Gasteiger partial charge in [-0.3, -0.25) is 4.79 Å². The molecule has 1 N–H and O–H groups in total. The van der Waals surface area contributed by atoms with E-state index in [4.69, 9.17) is 0 Å². The van der Waals surface area contributed by atoms with Gasteiger partial charge < -0.3 is 5.11 Å². The highest BCUT2D eigenvalue weighted by Gasteiger charge is 2.23. The molecule has 0 radical (unpaired) electrons.